The number of phosphoric ester groups is 1. The maximum atomic E-state index is 12.7. The molecule has 0 N–H and O–H groups in total. The summed E-state index contributed by atoms with van der Waals surface area (Å²) in [7, 11) is 1.34. The fourth-order valence-electron chi connectivity index (χ4n) is 6.55. The van der Waals surface area contributed by atoms with Gasteiger partial charge in [-0.1, -0.05) is 172 Å². The lowest BCUT2D eigenvalue weighted by Gasteiger charge is -2.28. The molecule has 59 heavy (non-hydrogen) atoms. The number of likely N-dealkylation sites (N-methyl/N-ethyl adjacent to an activating group) is 1. The van der Waals surface area contributed by atoms with Crippen molar-refractivity contribution in [2.75, 3.05) is 54.1 Å². The van der Waals surface area contributed by atoms with Crippen molar-refractivity contribution < 1.29 is 37.3 Å². The van der Waals surface area contributed by atoms with E-state index in [0.717, 1.165) is 57.8 Å². The van der Waals surface area contributed by atoms with Crippen molar-refractivity contribution in [3.63, 3.8) is 0 Å². The van der Waals surface area contributed by atoms with E-state index in [1.807, 2.05) is 21.1 Å². The van der Waals surface area contributed by atoms with Crippen LogP contribution in [-0.2, 0) is 27.9 Å². The third-order valence-electron chi connectivity index (χ3n) is 10.4. The van der Waals surface area contributed by atoms with Gasteiger partial charge in [0.2, 0.25) is 0 Å². The van der Waals surface area contributed by atoms with Crippen LogP contribution < -0.4 is 4.89 Å². The Hall–Kier alpha value is -1.54. The van der Waals surface area contributed by atoms with E-state index in [1.54, 1.807) is 0 Å². The molecule has 0 spiro atoms. The number of carbonyl (C=O) groups excluding carboxylic acids is 1. The van der Waals surface area contributed by atoms with Crippen LogP contribution in [0.5, 0.6) is 0 Å². The Labute approximate surface area is 365 Å². The molecule has 0 aromatic carbocycles. The third kappa shape index (κ3) is 47.4. The number of rotatable bonds is 45. The molecule has 0 saturated carbocycles. The van der Waals surface area contributed by atoms with Crippen molar-refractivity contribution >= 4 is 13.8 Å². The molecular formula is C50H94NO7P. The predicted octanol–water partition coefficient (Wildman–Crippen LogP) is 14.1. The molecule has 0 aliphatic carbocycles. The fourth-order valence-corrected chi connectivity index (χ4v) is 7.28. The SMILES string of the molecule is CCCCC/C=C\C/C=C\CCCCCCCCOCC(COP(=O)([O-])OCC[N+](C)(C)C)OC(=O)CCCCCCCCCCC/C=C\C/C=C\CCCCCCC. The summed E-state index contributed by atoms with van der Waals surface area (Å²) < 4.78 is 34.7. The van der Waals surface area contributed by atoms with Crippen molar-refractivity contribution in [2.24, 2.45) is 0 Å². The Morgan fingerprint density at radius 2 is 0.932 bits per heavy atom. The van der Waals surface area contributed by atoms with E-state index in [4.69, 9.17) is 18.5 Å². The summed E-state index contributed by atoms with van der Waals surface area (Å²) in [6, 6.07) is 0. The molecule has 0 saturated heterocycles. The molecule has 0 aromatic rings. The van der Waals surface area contributed by atoms with E-state index < -0.39 is 13.9 Å². The summed E-state index contributed by atoms with van der Waals surface area (Å²) in [4.78, 5) is 25.1. The Kier molecular flexibility index (Phi) is 42.0. The second kappa shape index (κ2) is 43.1. The first kappa shape index (κ1) is 57.5. The van der Waals surface area contributed by atoms with Crippen LogP contribution in [0.4, 0.5) is 0 Å². The number of quaternary nitrogens is 1. The molecule has 0 rings (SSSR count). The van der Waals surface area contributed by atoms with E-state index in [0.29, 0.717) is 24.1 Å². The van der Waals surface area contributed by atoms with E-state index in [9.17, 15) is 14.3 Å². The van der Waals surface area contributed by atoms with Gasteiger partial charge in [-0.3, -0.25) is 9.36 Å². The van der Waals surface area contributed by atoms with Crippen molar-refractivity contribution in [2.45, 2.75) is 213 Å². The lowest BCUT2D eigenvalue weighted by Crippen LogP contribution is -2.37. The summed E-state index contributed by atoms with van der Waals surface area (Å²) in [5.41, 5.74) is 0. The number of ether oxygens (including phenoxy) is 2. The lowest BCUT2D eigenvalue weighted by atomic mass is 10.1. The second-order valence-electron chi connectivity index (χ2n) is 17.5. The minimum atomic E-state index is -4.53. The summed E-state index contributed by atoms with van der Waals surface area (Å²) >= 11 is 0. The Morgan fingerprint density at radius 1 is 0.525 bits per heavy atom. The highest BCUT2D eigenvalue weighted by molar-refractivity contribution is 7.45. The summed E-state index contributed by atoms with van der Waals surface area (Å²) in [6.45, 7) is 5.36. The number of phosphoric acid groups is 1. The predicted molar refractivity (Wildman–Crippen MR) is 250 cm³/mol. The first-order valence-corrected chi connectivity index (χ1v) is 25.8. The molecule has 0 aliphatic heterocycles. The van der Waals surface area contributed by atoms with Gasteiger partial charge in [0, 0.05) is 13.0 Å². The molecule has 0 radical (unpaired) electrons. The molecule has 2 atom stereocenters. The van der Waals surface area contributed by atoms with Crippen LogP contribution in [-0.4, -0.2) is 70.7 Å². The summed E-state index contributed by atoms with van der Waals surface area (Å²) in [6.07, 6.45) is 52.6. The average molecular weight is 852 g/mol. The van der Waals surface area contributed by atoms with Gasteiger partial charge in [0.1, 0.15) is 19.3 Å². The van der Waals surface area contributed by atoms with Crippen molar-refractivity contribution in [1.82, 2.24) is 0 Å². The molecule has 2 unspecified atom stereocenters. The van der Waals surface area contributed by atoms with E-state index >= 15 is 0 Å². The lowest BCUT2D eigenvalue weighted by molar-refractivity contribution is -0.870. The minimum absolute atomic E-state index is 0.0219. The van der Waals surface area contributed by atoms with E-state index in [2.05, 4.69) is 62.5 Å². The fraction of sp³-hybridized carbons (Fsp3) is 0.820. The van der Waals surface area contributed by atoms with Gasteiger partial charge in [0.05, 0.1) is 34.4 Å². The summed E-state index contributed by atoms with van der Waals surface area (Å²) in [5, 5.41) is 0. The molecule has 346 valence electrons. The van der Waals surface area contributed by atoms with Gasteiger partial charge in [-0.05, 0) is 77.0 Å². The monoisotopic (exact) mass is 852 g/mol. The van der Waals surface area contributed by atoms with Gasteiger partial charge in [-0.2, -0.15) is 0 Å². The van der Waals surface area contributed by atoms with Gasteiger partial charge >= 0.3 is 5.97 Å². The van der Waals surface area contributed by atoms with Gasteiger partial charge in [0.25, 0.3) is 7.82 Å². The molecule has 0 bridgehead atoms. The van der Waals surface area contributed by atoms with Crippen LogP contribution in [0.1, 0.15) is 206 Å². The molecule has 0 amide bonds. The summed E-state index contributed by atoms with van der Waals surface area (Å²) in [5.74, 6) is -0.342. The number of hydrogen-bond donors (Lipinski definition) is 0. The van der Waals surface area contributed by atoms with Crippen molar-refractivity contribution in [3.8, 4) is 0 Å². The van der Waals surface area contributed by atoms with Crippen molar-refractivity contribution in [3.05, 3.63) is 48.6 Å². The maximum Gasteiger partial charge on any atom is 0.306 e. The third-order valence-corrected chi connectivity index (χ3v) is 11.3. The molecule has 0 fully saturated rings. The molecule has 0 aromatic heterocycles. The topological polar surface area (TPSA) is 94.1 Å². The van der Waals surface area contributed by atoms with Crippen LogP contribution in [0.15, 0.2) is 48.6 Å². The second-order valence-corrected chi connectivity index (χ2v) is 18.9. The molecule has 0 aliphatic rings. The average Bonchev–Trinajstić information content (AvgIpc) is 3.19. The normalized spacial score (nSPS) is 14.1. The van der Waals surface area contributed by atoms with Gasteiger partial charge in [-0.15, -0.1) is 0 Å². The number of nitrogens with zero attached hydrogens (tertiary/aromatic N) is 1. The number of unbranched alkanes of at least 4 members (excludes halogenated alkanes) is 23. The largest absolute Gasteiger partial charge is 0.756 e. The van der Waals surface area contributed by atoms with Crippen LogP contribution in [0.2, 0.25) is 0 Å². The van der Waals surface area contributed by atoms with Gasteiger partial charge < -0.3 is 27.9 Å². The molecule has 0 heterocycles. The smallest absolute Gasteiger partial charge is 0.306 e. The van der Waals surface area contributed by atoms with Crippen LogP contribution >= 0.6 is 7.82 Å². The number of hydrogen-bond acceptors (Lipinski definition) is 7. The molecular weight excluding hydrogens is 758 g/mol. The van der Waals surface area contributed by atoms with Gasteiger partial charge in [0.15, 0.2) is 0 Å². The van der Waals surface area contributed by atoms with E-state index in [1.165, 1.54) is 128 Å². The maximum absolute atomic E-state index is 12.7. The highest BCUT2D eigenvalue weighted by Gasteiger charge is 2.20. The quantitative estimate of drug-likeness (QED) is 0.0198. The van der Waals surface area contributed by atoms with Crippen LogP contribution in [0.25, 0.3) is 0 Å². The number of esters is 1. The zero-order chi connectivity index (χ0) is 43.4. The van der Waals surface area contributed by atoms with Crippen LogP contribution in [0, 0.1) is 0 Å². The van der Waals surface area contributed by atoms with Crippen LogP contribution in [0.3, 0.4) is 0 Å². The zero-order valence-electron chi connectivity index (χ0n) is 39.2. The minimum Gasteiger partial charge on any atom is -0.756 e. The Balaban J connectivity index is 4.19. The first-order chi connectivity index (χ1) is 28.6. The highest BCUT2D eigenvalue weighted by atomic mass is 31.2. The highest BCUT2D eigenvalue weighted by Crippen LogP contribution is 2.38. The number of allylic oxidation sites excluding steroid dienone is 8. The zero-order valence-corrected chi connectivity index (χ0v) is 40.1. The first-order valence-electron chi connectivity index (χ1n) is 24.4. The number of carbonyl (C=O) groups is 1. The standard InChI is InChI=1S/C50H94NO7P/c1-6-8-10-12-14-16-18-20-22-24-25-26-27-28-29-31-33-35-37-39-41-43-50(52)58-49(48-57-59(53,54)56-46-44-51(3,4)5)47-55-45-42-40-38-36-34-32-30-23-21-19-17-15-13-11-9-7-2/h15,17-18,20-21,23-25,49H,6-14,16,19,22,26-48H2,1-5H3/b17-15-,20-18-,23-21-,25-24-. The van der Waals surface area contributed by atoms with Gasteiger partial charge in [-0.25, -0.2) is 0 Å². The Bertz CT molecular complexity index is 1080. The molecule has 8 nitrogen and oxygen atoms in total. The Morgan fingerprint density at radius 3 is 1.41 bits per heavy atom. The van der Waals surface area contributed by atoms with E-state index in [-0.39, 0.29) is 25.8 Å². The van der Waals surface area contributed by atoms with Crippen molar-refractivity contribution in [1.29, 1.82) is 0 Å². The molecule has 9 heteroatoms.